The van der Waals surface area contributed by atoms with Crippen molar-refractivity contribution in [3.63, 3.8) is 0 Å². The van der Waals surface area contributed by atoms with Gasteiger partial charge in [0, 0.05) is 24.3 Å². The zero-order chi connectivity index (χ0) is 20.3. The molecule has 1 aliphatic rings. The van der Waals surface area contributed by atoms with Crippen molar-refractivity contribution in [2.45, 2.75) is 24.2 Å². The molecule has 0 bridgehead atoms. The van der Waals surface area contributed by atoms with Crippen LogP contribution in [0.1, 0.15) is 29.6 Å². The van der Waals surface area contributed by atoms with Gasteiger partial charge in [0.2, 0.25) is 10.0 Å². The maximum absolute atomic E-state index is 12.7. The lowest BCUT2D eigenvalue weighted by atomic mass is 10.2. The molecule has 10 heteroatoms. The number of piperidine rings is 1. The Morgan fingerprint density at radius 1 is 1.00 bits per heavy atom. The van der Waals surface area contributed by atoms with Gasteiger partial charge in [-0.25, -0.2) is 13.1 Å². The first-order chi connectivity index (χ1) is 14.0. The van der Waals surface area contributed by atoms with E-state index in [1.165, 1.54) is 27.4 Å². The molecular weight excluding hydrogens is 392 g/mol. The van der Waals surface area contributed by atoms with Crippen molar-refractivity contribution in [1.82, 2.24) is 24.5 Å². The third kappa shape index (κ3) is 4.17. The van der Waals surface area contributed by atoms with Crippen LogP contribution in [0.25, 0.3) is 5.69 Å². The van der Waals surface area contributed by atoms with E-state index in [1.54, 1.807) is 36.4 Å². The lowest BCUT2D eigenvalue weighted by Gasteiger charge is -2.25. The summed E-state index contributed by atoms with van der Waals surface area (Å²) in [6, 6.07) is 13.1. The number of benzene rings is 2. The summed E-state index contributed by atoms with van der Waals surface area (Å²) in [6.45, 7) is 1.11. The van der Waals surface area contributed by atoms with Crippen LogP contribution in [-0.4, -0.2) is 51.9 Å². The van der Waals surface area contributed by atoms with E-state index in [4.69, 9.17) is 0 Å². The number of hydrogen-bond donors (Lipinski definition) is 1. The first kappa shape index (κ1) is 19.2. The average Bonchev–Trinajstić information content (AvgIpc) is 3.30. The minimum absolute atomic E-state index is 0.234. The summed E-state index contributed by atoms with van der Waals surface area (Å²) in [5, 5.41) is 13.7. The predicted molar refractivity (Wildman–Crippen MR) is 106 cm³/mol. The molecule has 1 amide bonds. The van der Waals surface area contributed by atoms with E-state index < -0.39 is 10.0 Å². The number of carbonyl (C=O) groups excluding carboxylic acids is 1. The Morgan fingerprint density at radius 2 is 1.76 bits per heavy atom. The number of carbonyl (C=O) groups is 1. The topological polar surface area (TPSA) is 110 Å². The summed E-state index contributed by atoms with van der Waals surface area (Å²) in [5.74, 6) is -0.313. The van der Waals surface area contributed by atoms with Crippen LogP contribution in [0.2, 0.25) is 0 Å². The van der Waals surface area contributed by atoms with Crippen LogP contribution in [0.3, 0.4) is 0 Å². The minimum atomic E-state index is -3.49. The van der Waals surface area contributed by atoms with E-state index in [2.05, 4.69) is 20.8 Å². The molecular formula is C19H20N6O3S. The average molecular weight is 412 g/mol. The number of amides is 1. The van der Waals surface area contributed by atoms with Gasteiger partial charge in [-0.1, -0.05) is 12.5 Å². The molecule has 1 aliphatic heterocycles. The Balaban J connectivity index is 1.48. The molecule has 0 aliphatic carbocycles. The number of nitrogens with zero attached hydrogens (tertiary/aromatic N) is 5. The van der Waals surface area contributed by atoms with Gasteiger partial charge in [-0.3, -0.25) is 4.79 Å². The highest BCUT2D eigenvalue weighted by Gasteiger charge is 2.25. The largest absolute Gasteiger partial charge is 0.322 e. The Kier molecular flexibility index (Phi) is 5.36. The summed E-state index contributed by atoms with van der Waals surface area (Å²) in [6.07, 6.45) is 4.28. The second-order valence-electron chi connectivity index (χ2n) is 6.75. The van der Waals surface area contributed by atoms with E-state index in [0.717, 1.165) is 19.3 Å². The van der Waals surface area contributed by atoms with Gasteiger partial charge in [0.05, 0.1) is 10.6 Å². The SMILES string of the molecule is O=C(Nc1ccc(S(=O)(=O)N2CCCCC2)cc1)c1cccc(-n2cnnn2)c1. The number of aromatic nitrogens is 4. The highest BCUT2D eigenvalue weighted by Crippen LogP contribution is 2.22. The molecule has 2 aromatic carbocycles. The number of hydrogen-bond acceptors (Lipinski definition) is 6. The van der Waals surface area contributed by atoms with Crippen molar-refractivity contribution in [3.05, 3.63) is 60.4 Å². The highest BCUT2D eigenvalue weighted by molar-refractivity contribution is 7.89. The van der Waals surface area contributed by atoms with Crippen molar-refractivity contribution in [3.8, 4) is 5.69 Å². The molecule has 1 aromatic heterocycles. The quantitative estimate of drug-likeness (QED) is 0.687. The molecule has 29 heavy (non-hydrogen) atoms. The Morgan fingerprint density at radius 3 is 2.45 bits per heavy atom. The van der Waals surface area contributed by atoms with Crippen molar-refractivity contribution in [2.75, 3.05) is 18.4 Å². The summed E-state index contributed by atoms with van der Waals surface area (Å²) < 4.78 is 28.4. The maximum atomic E-state index is 12.7. The van der Waals surface area contributed by atoms with E-state index in [9.17, 15) is 13.2 Å². The van der Waals surface area contributed by atoms with Crippen LogP contribution < -0.4 is 5.32 Å². The number of anilines is 1. The van der Waals surface area contributed by atoms with Crippen LogP contribution in [-0.2, 0) is 10.0 Å². The normalized spacial score (nSPS) is 15.2. The smallest absolute Gasteiger partial charge is 0.255 e. The standard InChI is InChI=1S/C19H20N6O3S/c26-19(15-5-4-6-17(13-15)25-14-20-22-23-25)21-16-7-9-18(10-8-16)29(27,28)24-11-2-1-3-12-24/h4-10,13-14H,1-3,11-12H2,(H,21,26). The van der Waals surface area contributed by atoms with E-state index in [-0.39, 0.29) is 10.8 Å². The fraction of sp³-hybridized carbons (Fsp3) is 0.263. The van der Waals surface area contributed by atoms with Gasteiger partial charge in [0.15, 0.2) is 0 Å². The molecule has 1 saturated heterocycles. The lowest BCUT2D eigenvalue weighted by Crippen LogP contribution is -2.35. The van der Waals surface area contributed by atoms with Gasteiger partial charge in [0.25, 0.3) is 5.91 Å². The van der Waals surface area contributed by atoms with Crippen molar-refractivity contribution in [1.29, 1.82) is 0 Å². The number of tetrazole rings is 1. The fourth-order valence-corrected chi connectivity index (χ4v) is 4.75. The van der Waals surface area contributed by atoms with Crippen LogP contribution in [0, 0.1) is 0 Å². The Bertz CT molecular complexity index is 1090. The molecule has 0 unspecified atom stereocenters. The van der Waals surface area contributed by atoms with Crippen molar-refractivity contribution >= 4 is 21.6 Å². The monoisotopic (exact) mass is 412 g/mol. The third-order valence-corrected chi connectivity index (χ3v) is 6.70. The summed E-state index contributed by atoms with van der Waals surface area (Å²) in [4.78, 5) is 12.8. The van der Waals surface area contributed by atoms with Crippen LogP contribution in [0.4, 0.5) is 5.69 Å². The van der Waals surface area contributed by atoms with E-state index >= 15 is 0 Å². The minimum Gasteiger partial charge on any atom is -0.322 e. The Labute approximate surface area is 168 Å². The van der Waals surface area contributed by atoms with Crippen LogP contribution in [0.15, 0.2) is 59.8 Å². The molecule has 3 aromatic rings. The van der Waals surface area contributed by atoms with Crippen LogP contribution in [0.5, 0.6) is 0 Å². The molecule has 0 radical (unpaired) electrons. The first-order valence-corrected chi connectivity index (χ1v) is 10.7. The molecule has 1 N–H and O–H groups in total. The van der Waals surface area contributed by atoms with Gasteiger partial charge in [-0.15, -0.1) is 5.10 Å². The van der Waals surface area contributed by atoms with Gasteiger partial charge in [-0.2, -0.15) is 4.31 Å². The number of rotatable bonds is 5. The zero-order valence-electron chi connectivity index (χ0n) is 15.6. The Hall–Kier alpha value is -3.11. The molecule has 2 heterocycles. The molecule has 0 saturated carbocycles. The highest BCUT2D eigenvalue weighted by atomic mass is 32.2. The zero-order valence-corrected chi connectivity index (χ0v) is 16.4. The molecule has 0 atom stereocenters. The first-order valence-electron chi connectivity index (χ1n) is 9.29. The summed E-state index contributed by atoms with van der Waals surface area (Å²) in [5.41, 5.74) is 1.61. The molecule has 4 rings (SSSR count). The van der Waals surface area contributed by atoms with E-state index in [1.807, 2.05) is 0 Å². The predicted octanol–water partition coefficient (Wildman–Crippen LogP) is 2.09. The lowest BCUT2D eigenvalue weighted by molar-refractivity contribution is 0.102. The van der Waals surface area contributed by atoms with Gasteiger partial charge < -0.3 is 5.32 Å². The molecule has 1 fully saturated rings. The molecule has 150 valence electrons. The van der Waals surface area contributed by atoms with Gasteiger partial charge >= 0.3 is 0 Å². The van der Waals surface area contributed by atoms with E-state index in [0.29, 0.717) is 30.0 Å². The number of sulfonamides is 1. The van der Waals surface area contributed by atoms with Crippen molar-refractivity contribution < 1.29 is 13.2 Å². The second kappa shape index (κ2) is 8.10. The summed E-state index contributed by atoms with van der Waals surface area (Å²) >= 11 is 0. The second-order valence-corrected chi connectivity index (χ2v) is 8.69. The van der Waals surface area contributed by atoms with Crippen LogP contribution >= 0.6 is 0 Å². The maximum Gasteiger partial charge on any atom is 0.255 e. The van der Waals surface area contributed by atoms with Gasteiger partial charge in [-0.05, 0) is 65.7 Å². The third-order valence-electron chi connectivity index (χ3n) is 4.79. The summed E-state index contributed by atoms with van der Waals surface area (Å²) in [7, 11) is -3.49. The van der Waals surface area contributed by atoms with Crippen molar-refractivity contribution in [2.24, 2.45) is 0 Å². The molecule has 9 nitrogen and oxygen atoms in total. The number of nitrogens with one attached hydrogen (secondary N) is 1. The fourth-order valence-electron chi connectivity index (χ4n) is 3.24. The molecule has 0 spiro atoms. The van der Waals surface area contributed by atoms with Gasteiger partial charge in [0.1, 0.15) is 6.33 Å².